The van der Waals surface area contributed by atoms with Gasteiger partial charge in [-0.25, -0.2) is 4.39 Å². The molecule has 4 rings (SSSR count). The van der Waals surface area contributed by atoms with Crippen LogP contribution < -0.4 is 16.0 Å². The molecule has 1 aromatic carbocycles. The van der Waals surface area contributed by atoms with Gasteiger partial charge in [-0.2, -0.15) is 5.10 Å². The predicted molar refractivity (Wildman–Crippen MR) is 171 cm³/mol. The Kier molecular flexibility index (Phi) is 11.5. The summed E-state index contributed by atoms with van der Waals surface area (Å²) in [5.41, 5.74) is -1.84. The highest BCUT2D eigenvalue weighted by molar-refractivity contribution is 6.02. The number of aromatic nitrogens is 2. The third-order valence-electron chi connectivity index (χ3n) is 9.49. The fourth-order valence-electron chi connectivity index (χ4n) is 6.26. The minimum atomic E-state index is -2.30. The van der Waals surface area contributed by atoms with E-state index in [9.17, 15) is 24.3 Å². The SMILES string of the molecule is CCC(=O)N[C@@H](C(=O)N1CCN(C)CC1)[C@@H](C)c1ccc(NC(=O)[C@](O)(NC(=O)c2ccnn2CC)C2CCC(C)CC2)c(F)c1. The van der Waals surface area contributed by atoms with E-state index in [-0.39, 0.29) is 29.6 Å². The van der Waals surface area contributed by atoms with Crippen LogP contribution in [0.5, 0.6) is 0 Å². The van der Waals surface area contributed by atoms with Crippen LogP contribution >= 0.6 is 0 Å². The number of aryl methyl sites for hydroxylation is 1. The number of nitrogens with one attached hydrogen (secondary N) is 3. The Balaban J connectivity index is 1.55. The first-order valence-corrected chi connectivity index (χ1v) is 16.3. The van der Waals surface area contributed by atoms with Crippen LogP contribution in [0.4, 0.5) is 10.1 Å². The van der Waals surface area contributed by atoms with Crippen LogP contribution in [-0.2, 0) is 20.9 Å². The number of hydrogen-bond donors (Lipinski definition) is 4. The van der Waals surface area contributed by atoms with E-state index < -0.39 is 41.2 Å². The van der Waals surface area contributed by atoms with E-state index in [1.54, 1.807) is 24.8 Å². The van der Waals surface area contributed by atoms with Crippen LogP contribution in [-0.4, -0.2) is 93.3 Å². The van der Waals surface area contributed by atoms with Gasteiger partial charge in [-0.05, 0) is 56.5 Å². The summed E-state index contributed by atoms with van der Waals surface area (Å²) in [7, 11) is 1.98. The van der Waals surface area contributed by atoms with Gasteiger partial charge in [-0.3, -0.25) is 23.9 Å². The van der Waals surface area contributed by atoms with Gasteiger partial charge < -0.3 is 30.9 Å². The van der Waals surface area contributed by atoms with Crippen molar-refractivity contribution in [3.8, 4) is 0 Å². The Bertz CT molecular complexity index is 1400. The summed E-state index contributed by atoms with van der Waals surface area (Å²) in [6.07, 6.45) is 4.21. The number of carbonyl (C=O) groups is 4. The molecule has 2 fully saturated rings. The number of hydrogen-bond acceptors (Lipinski definition) is 7. The van der Waals surface area contributed by atoms with Crippen molar-refractivity contribution in [1.29, 1.82) is 0 Å². The molecule has 1 saturated carbocycles. The molecule has 4 N–H and O–H groups in total. The lowest BCUT2D eigenvalue weighted by Gasteiger charge is -2.39. The van der Waals surface area contributed by atoms with E-state index >= 15 is 4.39 Å². The Morgan fingerprint density at radius 3 is 2.35 bits per heavy atom. The summed E-state index contributed by atoms with van der Waals surface area (Å²) in [5, 5.41) is 23.8. The van der Waals surface area contributed by atoms with E-state index in [4.69, 9.17) is 0 Å². The molecule has 12 nitrogen and oxygen atoms in total. The molecule has 46 heavy (non-hydrogen) atoms. The molecule has 1 aliphatic carbocycles. The van der Waals surface area contributed by atoms with E-state index in [0.29, 0.717) is 57.0 Å². The number of nitrogens with zero attached hydrogens (tertiary/aromatic N) is 4. The van der Waals surface area contributed by atoms with Crippen LogP contribution in [0.2, 0.25) is 0 Å². The van der Waals surface area contributed by atoms with Gasteiger partial charge in [0.05, 0.1) is 5.69 Å². The Morgan fingerprint density at radius 1 is 1.07 bits per heavy atom. The van der Waals surface area contributed by atoms with E-state index in [1.807, 2.05) is 14.0 Å². The van der Waals surface area contributed by atoms with Crippen LogP contribution in [0.25, 0.3) is 0 Å². The molecule has 0 unspecified atom stereocenters. The van der Waals surface area contributed by atoms with Crippen LogP contribution in [0.1, 0.15) is 81.8 Å². The van der Waals surface area contributed by atoms with Crippen LogP contribution in [0, 0.1) is 17.7 Å². The van der Waals surface area contributed by atoms with Gasteiger partial charge in [0.15, 0.2) is 0 Å². The normalized spacial score (nSPS) is 21.5. The number of halogens is 1. The third kappa shape index (κ3) is 7.92. The maximum atomic E-state index is 15.6. The number of likely N-dealkylation sites (N-methyl/N-ethyl adjacent to an activating group) is 1. The summed E-state index contributed by atoms with van der Waals surface area (Å²) in [4.78, 5) is 56.8. The minimum absolute atomic E-state index is 0.184. The largest absolute Gasteiger partial charge is 0.363 e. The summed E-state index contributed by atoms with van der Waals surface area (Å²) < 4.78 is 17.1. The maximum Gasteiger partial charge on any atom is 0.277 e. The fraction of sp³-hybridized carbons (Fsp3) is 0.606. The van der Waals surface area contributed by atoms with Gasteiger partial charge in [0.1, 0.15) is 17.6 Å². The maximum absolute atomic E-state index is 15.6. The first kappa shape index (κ1) is 35.0. The zero-order valence-electron chi connectivity index (χ0n) is 27.5. The molecule has 0 bridgehead atoms. The number of rotatable bonds is 11. The standard InChI is InChI=1S/C33H48FN7O5/c1-6-28(42)37-29(31(44)40-18-16-39(5)17-19-40)22(4)23-10-13-26(25(34)20-23)36-32(45)33(46,24-11-8-21(3)9-12-24)38-30(43)27-14-15-35-41(27)7-2/h10,13-15,20-22,24,29,46H,6-9,11-12,16-19H2,1-5H3,(H,36,45)(H,37,42)(H,38,43)/t21?,22-,24?,29+,33-/m0/s1. The second-order valence-electron chi connectivity index (χ2n) is 12.7. The summed E-state index contributed by atoms with van der Waals surface area (Å²) in [6, 6.07) is 4.79. The average Bonchev–Trinajstić information content (AvgIpc) is 3.54. The molecular weight excluding hydrogens is 593 g/mol. The van der Waals surface area contributed by atoms with Gasteiger partial charge in [-0.1, -0.05) is 39.7 Å². The topological polar surface area (TPSA) is 149 Å². The molecule has 0 radical (unpaired) electrons. The van der Waals surface area contributed by atoms with Crippen molar-refractivity contribution in [1.82, 2.24) is 30.2 Å². The zero-order chi connectivity index (χ0) is 33.6. The molecule has 2 heterocycles. The van der Waals surface area contributed by atoms with Gasteiger partial charge in [0, 0.05) is 57.2 Å². The van der Waals surface area contributed by atoms with Crippen LogP contribution in [0.15, 0.2) is 30.5 Å². The van der Waals surface area contributed by atoms with Gasteiger partial charge in [0.25, 0.3) is 11.8 Å². The van der Waals surface area contributed by atoms with Crippen molar-refractivity contribution in [3.05, 3.63) is 47.5 Å². The molecule has 0 spiro atoms. The average molecular weight is 642 g/mol. The molecule has 2 aromatic rings. The second kappa shape index (κ2) is 15.2. The van der Waals surface area contributed by atoms with Gasteiger partial charge in [-0.15, -0.1) is 0 Å². The molecule has 13 heteroatoms. The number of benzene rings is 1. The molecule has 252 valence electrons. The zero-order valence-corrected chi connectivity index (χ0v) is 27.5. The highest BCUT2D eigenvalue weighted by Gasteiger charge is 2.47. The number of aliphatic hydroxyl groups is 1. The molecular formula is C33H48FN7O5. The Morgan fingerprint density at radius 2 is 1.74 bits per heavy atom. The van der Waals surface area contributed by atoms with Crippen molar-refractivity contribution in [2.45, 2.75) is 84.0 Å². The smallest absolute Gasteiger partial charge is 0.277 e. The number of amides is 4. The van der Waals surface area contributed by atoms with Crippen LogP contribution in [0.3, 0.4) is 0 Å². The van der Waals surface area contributed by atoms with Crippen molar-refractivity contribution >= 4 is 29.3 Å². The molecule has 3 atom stereocenters. The number of piperazine rings is 1. The van der Waals surface area contributed by atoms with E-state index in [2.05, 4.69) is 32.9 Å². The fourth-order valence-corrected chi connectivity index (χ4v) is 6.26. The monoisotopic (exact) mass is 641 g/mol. The molecule has 1 aromatic heterocycles. The first-order chi connectivity index (χ1) is 21.9. The predicted octanol–water partition coefficient (Wildman–Crippen LogP) is 2.70. The summed E-state index contributed by atoms with van der Waals surface area (Å²) in [5.74, 6) is -3.65. The lowest BCUT2D eigenvalue weighted by atomic mass is 9.77. The van der Waals surface area contributed by atoms with Crippen molar-refractivity contribution in [2.24, 2.45) is 11.8 Å². The number of anilines is 1. The number of carbonyl (C=O) groups excluding carboxylic acids is 4. The van der Waals surface area contributed by atoms with E-state index in [0.717, 1.165) is 12.8 Å². The molecule has 4 amide bonds. The van der Waals surface area contributed by atoms with E-state index in [1.165, 1.54) is 29.1 Å². The van der Waals surface area contributed by atoms with Crippen molar-refractivity contribution in [3.63, 3.8) is 0 Å². The van der Waals surface area contributed by atoms with Gasteiger partial charge in [0.2, 0.25) is 17.5 Å². The highest BCUT2D eigenvalue weighted by Crippen LogP contribution is 2.36. The Labute approximate surface area is 270 Å². The Hall–Kier alpha value is -3.84. The van der Waals surface area contributed by atoms with Crippen molar-refractivity contribution in [2.75, 3.05) is 38.5 Å². The first-order valence-electron chi connectivity index (χ1n) is 16.3. The van der Waals surface area contributed by atoms with Crippen molar-refractivity contribution < 1.29 is 28.7 Å². The van der Waals surface area contributed by atoms with Gasteiger partial charge >= 0.3 is 0 Å². The minimum Gasteiger partial charge on any atom is -0.363 e. The molecule has 1 saturated heterocycles. The lowest BCUT2D eigenvalue weighted by molar-refractivity contribution is -0.145. The second-order valence-corrected chi connectivity index (χ2v) is 12.7. The lowest BCUT2D eigenvalue weighted by Crippen LogP contribution is -2.62. The third-order valence-corrected chi connectivity index (χ3v) is 9.49. The summed E-state index contributed by atoms with van der Waals surface area (Å²) >= 11 is 0. The quantitative estimate of drug-likeness (QED) is 0.276. The highest BCUT2D eigenvalue weighted by atomic mass is 19.1. The molecule has 2 aliphatic rings. The molecule has 1 aliphatic heterocycles. The summed E-state index contributed by atoms with van der Waals surface area (Å²) in [6.45, 7) is 10.3.